The van der Waals surface area contributed by atoms with E-state index in [4.69, 9.17) is 10.5 Å². The Balaban J connectivity index is 0.00000261. The topological polar surface area (TPSA) is 79.0 Å². The Morgan fingerprint density at radius 2 is 1.89 bits per heavy atom. The summed E-state index contributed by atoms with van der Waals surface area (Å²) in [7, 11) is 3.79. The van der Waals surface area contributed by atoms with Gasteiger partial charge in [0.1, 0.15) is 11.6 Å². The number of hydrogen-bond acceptors (Lipinski definition) is 5. The van der Waals surface area contributed by atoms with E-state index in [0.717, 1.165) is 49.0 Å². The molecule has 2 aromatic rings. The molecule has 1 fully saturated rings. The van der Waals surface area contributed by atoms with E-state index in [0.29, 0.717) is 12.5 Å². The second-order valence-corrected chi connectivity index (χ2v) is 6.33. The molecule has 0 bridgehead atoms. The molecule has 146 valence electrons. The quantitative estimate of drug-likeness (QED) is 0.387. The van der Waals surface area contributed by atoms with Gasteiger partial charge >= 0.3 is 0 Å². The lowest BCUT2D eigenvalue weighted by Crippen LogP contribution is -2.45. The van der Waals surface area contributed by atoms with E-state index in [-0.39, 0.29) is 24.0 Å². The van der Waals surface area contributed by atoms with E-state index in [1.165, 1.54) is 0 Å². The molecule has 0 unspecified atom stereocenters. The summed E-state index contributed by atoms with van der Waals surface area (Å²) in [5.41, 5.74) is 7.99. The molecule has 27 heavy (non-hydrogen) atoms. The molecule has 3 rings (SSSR count). The Morgan fingerprint density at radius 1 is 1.19 bits per heavy atom. The molecule has 0 saturated carbocycles. The normalized spacial score (nSPS) is 15.2. The first-order chi connectivity index (χ1) is 12.7. The van der Waals surface area contributed by atoms with Gasteiger partial charge in [-0.1, -0.05) is 6.07 Å². The largest absolute Gasteiger partial charge is 0.497 e. The predicted molar refractivity (Wildman–Crippen MR) is 121 cm³/mol. The maximum absolute atomic E-state index is 6.04. The fraction of sp³-hybridized carbons (Fsp3) is 0.368. The van der Waals surface area contributed by atoms with Crippen LogP contribution in [0.25, 0.3) is 0 Å². The average molecular weight is 482 g/mol. The van der Waals surface area contributed by atoms with Gasteiger partial charge in [0.05, 0.1) is 13.7 Å². The highest BCUT2D eigenvalue weighted by molar-refractivity contribution is 14.0. The number of guanidine groups is 1. The van der Waals surface area contributed by atoms with Crippen LogP contribution in [0, 0.1) is 0 Å². The molecule has 1 aromatic heterocycles. The van der Waals surface area contributed by atoms with Crippen LogP contribution in [0.5, 0.6) is 5.75 Å². The SMILES string of the molecule is COc1ccc(NC(N)=NCc2cccnc2N2CCN(C)CC2)cc1.I. The smallest absolute Gasteiger partial charge is 0.193 e. The predicted octanol–water partition coefficient (Wildman–Crippen LogP) is 2.39. The highest BCUT2D eigenvalue weighted by Crippen LogP contribution is 2.20. The van der Waals surface area contributed by atoms with Gasteiger partial charge in [0.2, 0.25) is 0 Å². The summed E-state index contributed by atoms with van der Waals surface area (Å²) in [6, 6.07) is 11.6. The summed E-state index contributed by atoms with van der Waals surface area (Å²) in [5.74, 6) is 2.18. The number of aliphatic imine (C=N–C) groups is 1. The van der Waals surface area contributed by atoms with Crippen molar-refractivity contribution in [2.75, 3.05) is 50.6 Å². The van der Waals surface area contributed by atoms with Crippen LogP contribution in [0.1, 0.15) is 5.56 Å². The van der Waals surface area contributed by atoms with Gasteiger partial charge in [-0.3, -0.25) is 0 Å². The molecule has 2 heterocycles. The summed E-state index contributed by atoms with van der Waals surface area (Å²) < 4.78 is 5.15. The molecule has 0 radical (unpaired) electrons. The van der Waals surface area contributed by atoms with E-state index < -0.39 is 0 Å². The number of nitrogens with one attached hydrogen (secondary N) is 1. The average Bonchev–Trinajstić information content (AvgIpc) is 2.68. The Morgan fingerprint density at radius 3 is 2.56 bits per heavy atom. The van der Waals surface area contributed by atoms with Gasteiger partial charge in [-0.15, -0.1) is 24.0 Å². The number of pyridine rings is 1. The van der Waals surface area contributed by atoms with Crippen molar-refractivity contribution in [2.24, 2.45) is 10.7 Å². The maximum atomic E-state index is 6.04. The molecule has 1 aliphatic rings. The zero-order valence-corrected chi connectivity index (χ0v) is 18.1. The number of aromatic nitrogens is 1. The first kappa shape index (κ1) is 21.2. The van der Waals surface area contributed by atoms with Crippen molar-refractivity contribution in [3.8, 4) is 5.75 Å². The number of nitrogens with zero attached hydrogens (tertiary/aromatic N) is 4. The van der Waals surface area contributed by atoms with Crippen LogP contribution in [0.4, 0.5) is 11.5 Å². The van der Waals surface area contributed by atoms with Crippen LogP contribution in [0.2, 0.25) is 0 Å². The van der Waals surface area contributed by atoms with Crippen molar-refractivity contribution in [2.45, 2.75) is 6.54 Å². The van der Waals surface area contributed by atoms with Crippen LogP contribution < -0.4 is 20.7 Å². The summed E-state index contributed by atoms with van der Waals surface area (Å²) in [6.07, 6.45) is 1.83. The van der Waals surface area contributed by atoms with E-state index in [1.807, 2.05) is 36.5 Å². The van der Waals surface area contributed by atoms with Gasteiger partial charge in [0.15, 0.2) is 5.96 Å². The molecule has 0 atom stereocenters. The van der Waals surface area contributed by atoms with Crippen molar-refractivity contribution in [3.63, 3.8) is 0 Å². The molecule has 3 N–H and O–H groups in total. The Hall–Kier alpha value is -2.07. The molecule has 7 nitrogen and oxygen atoms in total. The lowest BCUT2D eigenvalue weighted by atomic mass is 10.2. The number of likely N-dealkylation sites (N-methyl/N-ethyl adjacent to an activating group) is 1. The van der Waals surface area contributed by atoms with Gasteiger partial charge in [-0.2, -0.15) is 0 Å². The third kappa shape index (κ3) is 5.96. The van der Waals surface area contributed by atoms with Crippen molar-refractivity contribution in [1.82, 2.24) is 9.88 Å². The van der Waals surface area contributed by atoms with Crippen LogP contribution in [-0.4, -0.2) is 56.2 Å². The maximum Gasteiger partial charge on any atom is 0.193 e. The summed E-state index contributed by atoms with van der Waals surface area (Å²) in [5, 5.41) is 3.10. The van der Waals surface area contributed by atoms with Crippen LogP contribution in [0.15, 0.2) is 47.6 Å². The van der Waals surface area contributed by atoms with Crippen LogP contribution >= 0.6 is 24.0 Å². The molecule has 1 aliphatic heterocycles. The van der Waals surface area contributed by atoms with Crippen molar-refractivity contribution < 1.29 is 4.74 Å². The molecule has 8 heteroatoms. The van der Waals surface area contributed by atoms with Gasteiger partial charge in [-0.25, -0.2) is 9.98 Å². The van der Waals surface area contributed by atoms with E-state index >= 15 is 0 Å². The highest BCUT2D eigenvalue weighted by Gasteiger charge is 2.17. The molecule has 1 aromatic carbocycles. The first-order valence-electron chi connectivity index (χ1n) is 8.74. The van der Waals surface area contributed by atoms with Crippen LogP contribution in [0.3, 0.4) is 0 Å². The minimum Gasteiger partial charge on any atom is -0.497 e. The summed E-state index contributed by atoms with van der Waals surface area (Å²) >= 11 is 0. The zero-order valence-electron chi connectivity index (χ0n) is 15.8. The summed E-state index contributed by atoms with van der Waals surface area (Å²) in [4.78, 5) is 13.7. The monoisotopic (exact) mass is 482 g/mol. The number of methoxy groups -OCH3 is 1. The van der Waals surface area contributed by atoms with E-state index in [1.54, 1.807) is 7.11 Å². The van der Waals surface area contributed by atoms with Crippen molar-refractivity contribution in [3.05, 3.63) is 48.2 Å². The molecule has 0 spiro atoms. The van der Waals surface area contributed by atoms with Crippen molar-refractivity contribution in [1.29, 1.82) is 0 Å². The highest BCUT2D eigenvalue weighted by atomic mass is 127. The van der Waals surface area contributed by atoms with E-state index in [9.17, 15) is 0 Å². The van der Waals surface area contributed by atoms with Crippen molar-refractivity contribution >= 4 is 41.4 Å². The van der Waals surface area contributed by atoms with Crippen LogP contribution in [-0.2, 0) is 6.54 Å². The first-order valence-corrected chi connectivity index (χ1v) is 8.74. The third-order valence-corrected chi connectivity index (χ3v) is 4.45. The number of piperazine rings is 1. The fourth-order valence-electron chi connectivity index (χ4n) is 2.89. The van der Waals surface area contributed by atoms with Gasteiger partial charge in [0.25, 0.3) is 0 Å². The summed E-state index contributed by atoms with van der Waals surface area (Å²) in [6.45, 7) is 4.53. The minimum atomic E-state index is 0. The molecule has 0 aliphatic carbocycles. The number of rotatable bonds is 5. The zero-order chi connectivity index (χ0) is 18.4. The lowest BCUT2D eigenvalue weighted by molar-refractivity contribution is 0.312. The number of halogens is 1. The number of hydrogen-bond donors (Lipinski definition) is 2. The minimum absolute atomic E-state index is 0. The van der Waals surface area contributed by atoms with Gasteiger partial charge in [0, 0.05) is 43.6 Å². The fourth-order valence-corrected chi connectivity index (χ4v) is 2.89. The number of benzene rings is 1. The Kier molecular flexibility index (Phi) is 8.11. The third-order valence-electron chi connectivity index (χ3n) is 4.45. The number of nitrogens with two attached hydrogens (primary N) is 1. The number of anilines is 2. The molecular formula is C19H27IN6O. The van der Waals surface area contributed by atoms with Gasteiger partial charge < -0.3 is 25.6 Å². The Bertz CT molecular complexity index is 744. The van der Waals surface area contributed by atoms with E-state index in [2.05, 4.69) is 38.2 Å². The number of ether oxygens (including phenoxy) is 1. The second-order valence-electron chi connectivity index (χ2n) is 6.33. The molecular weight excluding hydrogens is 455 g/mol. The second kappa shape index (κ2) is 10.3. The standard InChI is InChI=1S/C19H26N6O.HI/c1-24-10-12-25(13-11-24)18-15(4-3-9-21-18)14-22-19(20)23-16-5-7-17(26-2)8-6-16;/h3-9H,10-14H2,1-2H3,(H3,20,22,23);1H. The van der Waals surface area contributed by atoms with Gasteiger partial charge in [-0.05, 0) is 37.4 Å². The lowest BCUT2D eigenvalue weighted by Gasteiger charge is -2.34. The molecule has 0 amide bonds. The molecule has 1 saturated heterocycles. The Labute approximate surface area is 177 Å².